The van der Waals surface area contributed by atoms with Crippen molar-refractivity contribution >= 4 is 12.2 Å². The number of carbonyl (C=O) groups is 1. The molecule has 19 heavy (non-hydrogen) atoms. The number of urea groups is 1. The molecule has 3 rings (SSSR count). The molecule has 0 radical (unpaired) electrons. The van der Waals surface area contributed by atoms with E-state index in [-0.39, 0.29) is 12.1 Å². The number of benzene rings is 1. The Morgan fingerprint density at radius 1 is 1.21 bits per heavy atom. The molecule has 2 aliphatic rings. The molecule has 0 bridgehead atoms. The predicted molar refractivity (Wildman–Crippen MR) is 74.9 cm³/mol. The molecule has 0 aromatic heterocycles. The second-order valence-corrected chi connectivity index (χ2v) is 5.24. The van der Waals surface area contributed by atoms with E-state index in [4.69, 9.17) is 0 Å². The van der Waals surface area contributed by atoms with E-state index < -0.39 is 0 Å². The molecule has 1 aliphatic carbocycles. The summed E-state index contributed by atoms with van der Waals surface area (Å²) in [6.45, 7) is 0. The minimum atomic E-state index is -0.0606. The minimum absolute atomic E-state index is 0.0441. The Labute approximate surface area is 113 Å². The molecule has 1 heterocycles. The summed E-state index contributed by atoms with van der Waals surface area (Å²) in [5.41, 5.74) is 1.14. The zero-order chi connectivity index (χ0) is 13.1. The summed E-state index contributed by atoms with van der Waals surface area (Å²) in [6, 6.07) is 10.4. The Morgan fingerprint density at radius 2 is 1.95 bits per heavy atom. The van der Waals surface area contributed by atoms with Crippen LogP contribution in [0.2, 0.25) is 0 Å². The number of amides is 2. The zero-order valence-electron chi connectivity index (χ0n) is 11.0. The van der Waals surface area contributed by atoms with Crippen molar-refractivity contribution in [2.75, 3.05) is 0 Å². The van der Waals surface area contributed by atoms with Crippen molar-refractivity contribution in [3.8, 4) is 0 Å². The van der Waals surface area contributed by atoms with Crippen LogP contribution in [0.3, 0.4) is 0 Å². The summed E-state index contributed by atoms with van der Waals surface area (Å²) in [6.07, 6.45) is 7.25. The van der Waals surface area contributed by atoms with Gasteiger partial charge in [0, 0.05) is 18.7 Å². The minimum Gasteiger partial charge on any atom is -0.334 e. The van der Waals surface area contributed by atoms with E-state index in [0.717, 1.165) is 24.8 Å². The smallest absolute Gasteiger partial charge is 0.334 e. The quantitative estimate of drug-likeness (QED) is 0.869. The maximum absolute atomic E-state index is 12.3. The van der Waals surface area contributed by atoms with Crippen molar-refractivity contribution in [3.63, 3.8) is 0 Å². The van der Waals surface area contributed by atoms with Gasteiger partial charge in [0.25, 0.3) is 0 Å². The lowest BCUT2D eigenvalue weighted by atomic mass is 10.1. The summed E-state index contributed by atoms with van der Waals surface area (Å²) in [5, 5.41) is 8.92. The fraction of sp³-hybridized carbons (Fsp3) is 0.467. The van der Waals surface area contributed by atoms with Gasteiger partial charge in [0.1, 0.15) is 0 Å². The first-order valence-corrected chi connectivity index (χ1v) is 7.02. The first-order chi connectivity index (χ1) is 9.34. The molecule has 4 heteroatoms. The molecule has 1 fully saturated rings. The van der Waals surface area contributed by atoms with Crippen LogP contribution >= 0.6 is 0 Å². The van der Waals surface area contributed by atoms with Gasteiger partial charge < -0.3 is 5.32 Å². The Bertz CT molecular complexity index is 466. The average molecular weight is 257 g/mol. The van der Waals surface area contributed by atoms with Crippen molar-refractivity contribution in [1.29, 1.82) is 0 Å². The van der Waals surface area contributed by atoms with Crippen molar-refractivity contribution in [3.05, 3.63) is 35.9 Å². The van der Waals surface area contributed by atoms with Gasteiger partial charge in [0.05, 0.1) is 6.04 Å². The lowest BCUT2D eigenvalue weighted by molar-refractivity contribution is 0.182. The fourth-order valence-corrected chi connectivity index (χ4v) is 2.87. The highest BCUT2D eigenvalue weighted by Crippen LogP contribution is 2.28. The van der Waals surface area contributed by atoms with Crippen molar-refractivity contribution in [2.24, 2.45) is 5.10 Å². The molecule has 1 unspecified atom stereocenters. The van der Waals surface area contributed by atoms with Crippen LogP contribution in [-0.2, 0) is 0 Å². The zero-order valence-corrected chi connectivity index (χ0v) is 11.0. The van der Waals surface area contributed by atoms with E-state index in [1.54, 1.807) is 5.01 Å². The van der Waals surface area contributed by atoms with Gasteiger partial charge in [0.2, 0.25) is 0 Å². The molecule has 1 aliphatic heterocycles. The number of hydrogen-bond donors (Lipinski definition) is 1. The maximum atomic E-state index is 12.3. The van der Waals surface area contributed by atoms with Crippen LogP contribution in [0, 0.1) is 0 Å². The number of carbonyl (C=O) groups excluding carboxylic acids is 1. The van der Waals surface area contributed by atoms with Crippen LogP contribution in [0.1, 0.15) is 43.7 Å². The van der Waals surface area contributed by atoms with Crippen LogP contribution in [0.5, 0.6) is 0 Å². The molecule has 0 saturated heterocycles. The Morgan fingerprint density at radius 3 is 2.68 bits per heavy atom. The molecular formula is C15H19N3O. The molecule has 100 valence electrons. The van der Waals surface area contributed by atoms with E-state index >= 15 is 0 Å². The molecule has 1 aromatic rings. The highest BCUT2D eigenvalue weighted by atomic mass is 16.2. The third kappa shape index (κ3) is 2.62. The number of hydrazone groups is 1. The molecule has 2 amide bonds. The maximum Gasteiger partial charge on any atom is 0.338 e. The first-order valence-electron chi connectivity index (χ1n) is 7.02. The summed E-state index contributed by atoms with van der Waals surface area (Å²) in [7, 11) is 0. The largest absolute Gasteiger partial charge is 0.338 e. The van der Waals surface area contributed by atoms with E-state index in [9.17, 15) is 4.79 Å². The van der Waals surface area contributed by atoms with Gasteiger partial charge in [0.15, 0.2) is 0 Å². The average Bonchev–Trinajstić information content (AvgIpc) is 3.10. The van der Waals surface area contributed by atoms with Crippen LogP contribution in [0.15, 0.2) is 35.4 Å². The highest BCUT2D eigenvalue weighted by molar-refractivity contribution is 5.78. The van der Waals surface area contributed by atoms with E-state index in [1.807, 2.05) is 24.4 Å². The summed E-state index contributed by atoms with van der Waals surface area (Å²) in [5.74, 6) is 0. The Hall–Kier alpha value is -1.84. The van der Waals surface area contributed by atoms with Gasteiger partial charge >= 0.3 is 6.03 Å². The van der Waals surface area contributed by atoms with Crippen LogP contribution in [0.4, 0.5) is 4.79 Å². The standard InChI is InChI=1S/C15H19N3O/c19-15(17-13-8-4-5-9-13)18-14(10-11-16-18)12-6-2-1-3-7-12/h1-3,6-7,11,13-14H,4-5,8-10H2,(H,17,19). The van der Waals surface area contributed by atoms with Crippen molar-refractivity contribution in [1.82, 2.24) is 10.3 Å². The van der Waals surface area contributed by atoms with Gasteiger partial charge in [-0.3, -0.25) is 0 Å². The fourth-order valence-electron chi connectivity index (χ4n) is 2.87. The monoisotopic (exact) mass is 257 g/mol. The first kappa shape index (κ1) is 12.2. The lowest BCUT2D eigenvalue weighted by Gasteiger charge is -2.24. The Kier molecular flexibility index (Phi) is 3.49. The van der Waals surface area contributed by atoms with Gasteiger partial charge in [-0.15, -0.1) is 0 Å². The van der Waals surface area contributed by atoms with E-state index in [1.165, 1.54) is 12.8 Å². The molecule has 1 aromatic carbocycles. The van der Waals surface area contributed by atoms with Gasteiger partial charge in [-0.2, -0.15) is 5.10 Å². The third-order valence-electron chi connectivity index (χ3n) is 3.91. The molecular weight excluding hydrogens is 238 g/mol. The van der Waals surface area contributed by atoms with Crippen molar-refractivity contribution < 1.29 is 4.79 Å². The van der Waals surface area contributed by atoms with Gasteiger partial charge in [-0.25, -0.2) is 9.80 Å². The van der Waals surface area contributed by atoms with Crippen LogP contribution < -0.4 is 5.32 Å². The lowest BCUT2D eigenvalue weighted by Crippen LogP contribution is -2.41. The predicted octanol–water partition coefficient (Wildman–Crippen LogP) is 3.07. The molecule has 1 atom stereocenters. The highest BCUT2D eigenvalue weighted by Gasteiger charge is 2.29. The SMILES string of the molecule is O=C(NC1CCCC1)N1N=CCC1c1ccccc1. The molecule has 4 nitrogen and oxygen atoms in total. The summed E-state index contributed by atoms with van der Waals surface area (Å²) < 4.78 is 0. The normalized spacial score (nSPS) is 22.9. The van der Waals surface area contributed by atoms with Crippen LogP contribution in [-0.4, -0.2) is 23.3 Å². The topological polar surface area (TPSA) is 44.7 Å². The number of nitrogens with one attached hydrogen (secondary N) is 1. The van der Waals surface area contributed by atoms with Crippen LogP contribution in [0.25, 0.3) is 0 Å². The van der Waals surface area contributed by atoms with Crippen molar-refractivity contribution in [2.45, 2.75) is 44.2 Å². The Balaban J connectivity index is 1.68. The summed E-state index contributed by atoms with van der Waals surface area (Å²) in [4.78, 5) is 12.3. The molecule has 1 saturated carbocycles. The molecule has 1 N–H and O–H groups in total. The molecule has 0 spiro atoms. The summed E-state index contributed by atoms with van der Waals surface area (Å²) >= 11 is 0. The second kappa shape index (κ2) is 5.43. The number of rotatable bonds is 2. The number of hydrogen-bond acceptors (Lipinski definition) is 2. The van der Waals surface area contributed by atoms with E-state index in [0.29, 0.717) is 6.04 Å². The van der Waals surface area contributed by atoms with E-state index in [2.05, 4.69) is 22.6 Å². The second-order valence-electron chi connectivity index (χ2n) is 5.24. The van der Waals surface area contributed by atoms with Gasteiger partial charge in [-0.1, -0.05) is 43.2 Å². The third-order valence-corrected chi connectivity index (χ3v) is 3.91. The van der Waals surface area contributed by atoms with Gasteiger partial charge in [-0.05, 0) is 18.4 Å². The number of nitrogens with zero attached hydrogens (tertiary/aromatic N) is 2.